The number of fused-ring (bicyclic) bond motifs is 1. The number of carbonyl (C=O) groups is 1. The number of imidazole rings is 1. The molecule has 0 unspecified atom stereocenters. The number of hydrogen-bond donors (Lipinski definition) is 1. The number of nitrogens with one attached hydrogen (secondary N) is 1. The van der Waals surface area contributed by atoms with Gasteiger partial charge in [0.1, 0.15) is 22.7 Å². The standard InChI is InChI=1S/C22H26ClN7O/c23-16-12-24-30(14-16)22(7-8-22)21-25-17-5-6-18(26-19(17)27-21)29-11-3-4-15(13-29)20(31)28-9-1-2-10-28/h5-6,12,14-15H,1-4,7-11,13H2,(H,25,26,27)/t15-/m0/s1. The maximum Gasteiger partial charge on any atom is 0.227 e. The number of H-pyrrole nitrogens is 1. The summed E-state index contributed by atoms with van der Waals surface area (Å²) >= 11 is 6.08. The fourth-order valence-electron chi connectivity index (χ4n) is 5.09. The van der Waals surface area contributed by atoms with Crippen LogP contribution in [0.2, 0.25) is 5.02 Å². The number of likely N-dealkylation sites (tertiary alicyclic amines) is 1. The van der Waals surface area contributed by atoms with Crippen LogP contribution in [0.15, 0.2) is 24.5 Å². The Hall–Kier alpha value is -2.61. The van der Waals surface area contributed by atoms with Crippen molar-refractivity contribution >= 4 is 34.5 Å². The van der Waals surface area contributed by atoms with Crippen molar-refractivity contribution in [3.05, 3.63) is 35.4 Å². The van der Waals surface area contributed by atoms with Crippen molar-refractivity contribution in [2.24, 2.45) is 5.92 Å². The zero-order chi connectivity index (χ0) is 21.0. The number of anilines is 1. The molecule has 8 nitrogen and oxygen atoms in total. The summed E-state index contributed by atoms with van der Waals surface area (Å²) in [6.45, 7) is 3.50. The first-order valence-corrected chi connectivity index (χ1v) is 11.6. The smallest absolute Gasteiger partial charge is 0.227 e. The van der Waals surface area contributed by atoms with E-state index in [4.69, 9.17) is 21.6 Å². The molecule has 5 heterocycles. The molecule has 1 N–H and O–H groups in total. The van der Waals surface area contributed by atoms with Crippen LogP contribution in [0, 0.1) is 5.92 Å². The van der Waals surface area contributed by atoms with Gasteiger partial charge in [0.05, 0.1) is 17.1 Å². The van der Waals surface area contributed by atoms with Crippen molar-refractivity contribution in [2.45, 2.75) is 44.1 Å². The lowest BCUT2D eigenvalue weighted by molar-refractivity contribution is -0.134. The van der Waals surface area contributed by atoms with Gasteiger partial charge in [0, 0.05) is 32.4 Å². The first kappa shape index (κ1) is 19.1. The largest absolute Gasteiger partial charge is 0.356 e. The Kier molecular flexibility index (Phi) is 4.45. The van der Waals surface area contributed by atoms with Crippen LogP contribution in [-0.2, 0) is 10.3 Å². The van der Waals surface area contributed by atoms with Crippen LogP contribution in [0.3, 0.4) is 0 Å². The number of hydrogen-bond acceptors (Lipinski definition) is 5. The van der Waals surface area contributed by atoms with E-state index in [1.807, 2.05) is 27.9 Å². The van der Waals surface area contributed by atoms with Crippen molar-refractivity contribution in [3.8, 4) is 0 Å². The molecule has 3 aromatic rings. The number of piperidine rings is 1. The highest BCUT2D eigenvalue weighted by Gasteiger charge is 2.50. The number of halogens is 1. The van der Waals surface area contributed by atoms with E-state index in [-0.39, 0.29) is 11.5 Å². The predicted molar refractivity (Wildman–Crippen MR) is 118 cm³/mol. The minimum absolute atomic E-state index is 0.0703. The predicted octanol–water partition coefficient (Wildman–Crippen LogP) is 3.18. The van der Waals surface area contributed by atoms with E-state index in [1.165, 1.54) is 0 Å². The molecule has 1 aliphatic carbocycles. The lowest BCUT2D eigenvalue weighted by Gasteiger charge is -2.34. The quantitative estimate of drug-likeness (QED) is 0.675. The van der Waals surface area contributed by atoms with E-state index in [2.05, 4.69) is 15.0 Å². The molecule has 0 bridgehead atoms. The first-order chi connectivity index (χ1) is 15.1. The molecule has 0 aromatic carbocycles. The number of nitrogens with zero attached hydrogens (tertiary/aromatic N) is 6. The molecular formula is C22H26ClN7O. The van der Waals surface area contributed by atoms with Gasteiger partial charge in [-0.3, -0.25) is 9.48 Å². The number of aromatic nitrogens is 5. The van der Waals surface area contributed by atoms with Crippen LogP contribution in [0.5, 0.6) is 0 Å². The van der Waals surface area contributed by atoms with Gasteiger partial charge in [-0.1, -0.05) is 11.6 Å². The minimum atomic E-state index is -0.244. The van der Waals surface area contributed by atoms with Gasteiger partial charge in [-0.15, -0.1) is 0 Å². The normalized spacial score (nSPS) is 22.9. The molecule has 1 atom stereocenters. The summed E-state index contributed by atoms with van der Waals surface area (Å²) in [5, 5.41) is 5.04. The number of pyridine rings is 1. The molecule has 2 aliphatic heterocycles. The molecule has 3 aliphatic rings. The number of rotatable bonds is 4. The van der Waals surface area contributed by atoms with E-state index in [0.29, 0.717) is 10.9 Å². The van der Waals surface area contributed by atoms with Crippen molar-refractivity contribution in [3.63, 3.8) is 0 Å². The van der Waals surface area contributed by atoms with Gasteiger partial charge in [-0.25, -0.2) is 9.97 Å². The third kappa shape index (κ3) is 3.28. The summed E-state index contributed by atoms with van der Waals surface area (Å²) in [6.07, 6.45) is 9.72. The fraction of sp³-hybridized carbons (Fsp3) is 0.545. The summed E-state index contributed by atoms with van der Waals surface area (Å²) < 4.78 is 1.91. The van der Waals surface area contributed by atoms with Crippen LogP contribution in [-0.4, -0.2) is 61.7 Å². The highest BCUT2D eigenvalue weighted by atomic mass is 35.5. The van der Waals surface area contributed by atoms with Gasteiger partial charge in [0.15, 0.2) is 5.65 Å². The Morgan fingerprint density at radius 1 is 1.13 bits per heavy atom. The average Bonchev–Trinajstić information content (AvgIpc) is 3.18. The summed E-state index contributed by atoms with van der Waals surface area (Å²) in [5.41, 5.74) is 1.39. The molecular weight excluding hydrogens is 414 g/mol. The molecule has 162 valence electrons. The number of amides is 1. The Morgan fingerprint density at radius 2 is 1.97 bits per heavy atom. The van der Waals surface area contributed by atoms with Crippen LogP contribution in [0.4, 0.5) is 5.82 Å². The highest BCUT2D eigenvalue weighted by Crippen LogP contribution is 2.48. The molecule has 6 rings (SSSR count). The van der Waals surface area contributed by atoms with Gasteiger partial charge in [0.2, 0.25) is 5.91 Å². The zero-order valence-electron chi connectivity index (χ0n) is 17.4. The van der Waals surface area contributed by atoms with Gasteiger partial charge >= 0.3 is 0 Å². The molecule has 3 fully saturated rings. The lowest BCUT2D eigenvalue weighted by Crippen LogP contribution is -2.44. The molecule has 9 heteroatoms. The average molecular weight is 440 g/mol. The Bertz CT molecular complexity index is 1130. The van der Waals surface area contributed by atoms with E-state index in [0.717, 1.165) is 87.5 Å². The van der Waals surface area contributed by atoms with Crippen LogP contribution in [0.25, 0.3) is 11.2 Å². The number of aromatic amines is 1. The second kappa shape index (κ2) is 7.22. The summed E-state index contributed by atoms with van der Waals surface area (Å²) in [7, 11) is 0. The fourth-order valence-corrected chi connectivity index (χ4v) is 5.23. The van der Waals surface area contributed by atoms with Crippen LogP contribution >= 0.6 is 11.6 Å². The van der Waals surface area contributed by atoms with E-state index < -0.39 is 0 Å². The molecule has 31 heavy (non-hydrogen) atoms. The SMILES string of the molecule is O=C([C@H]1CCCN(c2ccc3nc(C4(n5cc(Cl)cn5)CC4)[nH]c3n2)C1)N1CCCC1. The molecule has 0 radical (unpaired) electrons. The summed E-state index contributed by atoms with van der Waals surface area (Å²) in [6, 6.07) is 4.05. The van der Waals surface area contributed by atoms with Crippen molar-refractivity contribution in [1.29, 1.82) is 0 Å². The molecule has 0 spiro atoms. The highest BCUT2D eigenvalue weighted by molar-refractivity contribution is 6.30. The monoisotopic (exact) mass is 439 g/mol. The third-order valence-corrected chi connectivity index (χ3v) is 7.19. The summed E-state index contributed by atoms with van der Waals surface area (Å²) in [4.78, 5) is 30.3. The minimum Gasteiger partial charge on any atom is -0.356 e. The Morgan fingerprint density at radius 3 is 2.71 bits per heavy atom. The zero-order valence-corrected chi connectivity index (χ0v) is 18.2. The maximum atomic E-state index is 12.9. The van der Waals surface area contributed by atoms with Crippen LogP contribution < -0.4 is 4.90 Å². The Labute approximate surface area is 185 Å². The van der Waals surface area contributed by atoms with Gasteiger partial charge < -0.3 is 14.8 Å². The maximum absolute atomic E-state index is 12.9. The second-order valence-electron chi connectivity index (χ2n) is 9.07. The lowest BCUT2D eigenvalue weighted by atomic mass is 9.96. The topological polar surface area (TPSA) is 82.9 Å². The van der Waals surface area contributed by atoms with Gasteiger partial charge in [-0.2, -0.15) is 5.10 Å². The number of carbonyl (C=O) groups excluding carboxylic acids is 1. The van der Waals surface area contributed by atoms with E-state index in [1.54, 1.807) is 6.20 Å². The third-order valence-electron chi connectivity index (χ3n) is 6.99. The molecule has 3 aromatic heterocycles. The van der Waals surface area contributed by atoms with Crippen LogP contribution in [0.1, 0.15) is 44.3 Å². The molecule has 1 saturated carbocycles. The summed E-state index contributed by atoms with van der Waals surface area (Å²) in [5.74, 6) is 2.18. The molecule has 1 amide bonds. The van der Waals surface area contributed by atoms with Gasteiger partial charge in [0.25, 0.3) is 0 Å². The van der Waals surface area contributed by atoms with E-state index >= 15 is 0 Å². The van der Waals surface area contributed by atoms with Crippen molar-refractivity contribution < 1.29 is 4.79 Å². The molecule has 2 saturated heterocycles. The van der Waals surface area contributed by atoms with E-state index in [9.17, 15) is 4.79 Å². The van der Waals surface area contributed by atoms with Gasteiger partial charge in [-0.05, 0) is 50.7 Å². The Balaban J connectivity index is 1.24. The van der Waals surface area contributed by atoms with Crippen molar-refractivity contribution in [1.82, 2.24) is 29.6 Å². The van der Waals surface area contributed by atoms with Crippen molar-refractivity contribution in [2.75, 3.05) is 31.1 Å². The second-order valence-corrected chi connectivity index (χ2v) is 9.51. The first-order valence-electron chi connectivity index (χ1n) is 11.2.